The van der Waals surface area contributed by atoms with E-state index < -0.39 is 0 Å². The minimum Gasteiger partial charge on any atom is -0.429 e. The van der Waals surface area contributed by atoms with Crippen LogP contribution in [-0.4, -0.2) is 23.2 Å². The quantitative estimate of drug-likeness (QED) is 0.743. The van der Waals surface area contributed by atoms with Crippen LogP contribution in [0.4, 0.5) is 6.01 Å². The van der Waals surface area contributed by atoms with Crippen molar-refractivity contribution in [3.63, 3.8) is 0 Å². The fourth-order valence-electron chi connectivity index (χ4n) is 1.60. The molecule has 0 unspecified atom stereocenters. The van der Waals surface area contributed by atoms with Crippen LogP contribution < -0.4 is 4.90 Å². The maximum atomic E-state index is 8.93. The van der Waals surface area contributed by atoms with Gasteiger partial charge in [-0.3, -0.25) is 0 Å². The topological polar surface area (TPSA) is 49.5 Å². The first kappa shape index (κ1) is 8.56. The molecule has 0 spiro atoms. The third kappa shape index (κ3) is 1.54. The summed E-state index contributed by atoms with van der Waals surface area (Å²) in [5, 5.41) is 8.93. The second-order valence-corrected chi connectivity index (χ2v) is 3.35. The van der Waals surface area contributed by atoms with Gasteiger partial charge in [0.2, 0.25) is 0 Å². The predicted octanol–water partition coefficient (Wildman–Crippen LogP) is 1.08. The van der Waals surface area contributed by atoms with Gasteiger partial charge in [0.15, 0.2) is 0 Å². The zero-order chi connectivity index (χ0) is 9.26. The van der Waals surface area contributed by atoms with Gasteiger partial charge in [-0.1, -0.05) is 0 Å². The lowest BCUT2D eigenvalue weighted by Crippen LogP contribution is -2.17. The zero-order valence-electron chi connectivity index (χ0n) is 7.79. The lowest BCUT2D eigenvalue weighted by atomic mass is 10.4. The van der Waals surface area contributed by atoms with E-state index in [0.717, 1.165) is 18.8 Å². The van der Waals surface area contributed by atoms with Crippen LogP contribution in [0.15, 0.2) is 4.42 Å². The number of aliphatic hydroxyl groups excluding tert-OH is 1. The highest BCUT2D eigenvalue weighted by Gasteiger charge is 2.18. The minimum absolute atomic E-state index is 0.0385. The van der Waals surface area contributed by atoms with Crippen molar-refractivity contribution in [2.45, 2.75) is 26.4 Å². The van der Waals surface area contributed by atoms with Crippen molar-refractivity contribution < 1.29 is 9.52 Å². The van der Waals surface area contributed by atoms with Crippen molar-refractivity contribution in [1.82, 2.24) is 4.98 Å². The summed E-state index contributed by atoms with van der Waals surface area (Å²) in [4.78, 5) is 6.34. The van der Waals surface area contributed by atoms with Crippen LogP contribution in [0, 0.1) is 6.92 Å². The summed E-state index contributed by atoms with van der Waals surface area (Å²) in [6.07, 6.45) is 2.41. The van der Waals surface area contributed by atoms with Gasteiger partial charge >= 0.3 is 0 Å². The van der Waals surface area contributed by atoms with Crippen LogP contribution in [0.1, 0.15) is 24.3 Å². The van der Waals surface area contributed by atoms with Crippen LogP contribution in [0.2, 0.25) is 0 Å². The van der Waals surface area contributed by atoms with Crippen LogP contribution in [0.25, 0.3) is 0 Å². The maximum absolute atomic E-state index is 8.93. The molecule has 1 aliphatic heterocycles. The van der Waals surface area contributed by atoms with Gasteiger partial charge in [-0.15, -0.1) is 0 Å². The molecule has 2 heterocycles. The number of aryl methyl sites for hydroxylation is 1. The third-order valence-electron chi connectivity index (χ3n) is 2.41. The molecule has 2 rings (SSSR count). The summed E-state index contributed by atoms with van der Waals surface area (Å²) < 4.78 is 5.44. The first-order chi connectivity index (χ1) is 6.31. The Labute approximate surface area is 77.2 Å². The SMILES string of the molecule is Cc1oc(N2CCCC2)nc1CO. The van der Waals surface area contributed by atoms with E-state index in [-0.39, 0.29) is 6.61 Å². The average molecular weight is 182 g/mol. The Morgan fingerprint density at radius 1 is 1.46 bits per heavy atom. The van der Waals surface area contributed by atoms with Crippen molar-refractivity contribution >= 4 is 6.01 Å². The number of hydrogen-bond acceptors (Lipinski definition) is 4. The summed E-state index contributed by atoms with van der Waals surface area (Å²) in [6.45, 7) is 3.83. The molecule has 1 aliphatic rings. The Hall–Kier alpha value is -1.03. The molecule has 13 heavy (non-hydrogen) atoms. The minimum atomic E-state index is -0.0385. The van der Waals surface area contributed by atoms with Gasteiger partial charge in [0.05, 0.1) is 6.61 Å². The number of anilines is 1. The number of rotatable bonds is 2. The molecule has 1 aromatic heterocycles. The van der Waals surface area contributed by atoms with E-state index >= 15 is 0 Å². The fourth-order valence-corrected chi connectivity index (χ4v) is 1.60. The van der Waals surface area contributed by atoms with Gasteiger partial charge in [0.25, 0.3) is 6.01 Å². The summed E-state index contributed by atoms with van der Waals surface area (Å²) in [5.74, 6) is 0.726. The smallest absolute Gasteiger partial charge is 0.297 e. The first-order valence-electron chi connectivity index (χ1n) is 4.63. The van der Waals surface area contributed by atoms with Gasteiger partial charge < -0.3 is 14.4 Å². The van der Waals surface area contributed by atoms with Crippen LogP contribution >= 0.6 is 0 Å². The van der Waals surface area contributed by atoms with Crippen molar-refractivity contribution in [3.05, 3.63) is 11.5 Å². The van der Waals surface area contributed by atoms with E-state index in [9.17, 15) is 0 Å². The molecule has 1 fully saturated rings. The molecule has 0 aromatic carbocycles. The van der Waals surface area contributed by atoms with E-state index in [1.54, 1.807) is 0 Å². The summed E-state index contributed by atoms with van der Waals surface area (Å²) in [5.41, 5.74) is 0.655. The molecule has 0 bridgehead atoms. The molecule has 0 radical (unpaired) electrons. The molecule has 0 aliphatic carbocycles. The predicted molar refractivity (Wildman–Crippen MR) is 48.6 cm³/mol. The molecule has 4 heteroatoms. The largest absolute Gasteiger partial charge is 0.429 e. The Kier molecular flexibility index (Phi) is 2.22. The second-order valence-electron chi connectivity index (χ2n) is 3.35. The molecule has 4 nitrogen and oxygen atoms in total. The second kappa shape index (κ2) is 3.38. The maximum Gasteiger partial charge on any atom is 0.297 e. The summed E-state index contributed by atoms with van der Waals surface area (Å²) >= 11 is 0. The van der Waals surface area contributed by atoms with Gasteiger partial charge in [0, 0.05) is 13.1 Å². The lowest BCUT2D eigenvalue weighted by molar-refractivity contribution is 0.275. The van der Waals surface area contributed by atoms with Crippen molar-refractivity contribution in [2.24, 2.45) is 0 Å². The van der Waals surface area contributed by atoms with Crippen LogP contribution in [-0.2, 0) is 6.61 Å². The number of nitrogens with zero attached hydrogens (tertiary/aromatic N) is 2. The fraction of sp³-hybridized carbons (Fsp3) is 0.667. The normalized spacial score (nSPS) is 16.9. The van der Waals surface area contributed by atoms with Crippen LogP contribution in [0.5, 0.6) is 0 Å². The summed E-state index contributed by atoms with van der Waals surface area (Å²) in [6, 6.07) is 0.666. The Bertz CT molecular complexity index is 290. The number of hydrogen-bond donors (Lipinski definition) is 1. The zero-order valence-corrected chi connectivity index (χ0v) is 7.79. The molecule has 1 saturated heterocycles. The monoisotopic (exact) mass is 182 g/mol. The van der Waals surface area contributed by atoms with E-state index in [0.29, 0.717) is 11.7 Å². The molecular weight excluding hydrogens is 168 g/mol. The number of aliphatic hydroxyl groups is 1. The average Bonchev–Trinajstić information content (AvgIpc) is 2.71. The van der Waals surface area contributed by atoms with E-state index in [1.165, 1.54) is 12.8 Å². The highest BCUT2D eigenvalue weighted by Crippen LogP contribution is 2.21. The Morgan fingerprint density at radius 2 is 2.15 bits per heavy atom. The van der Waals surface area contributed by atoms with E-state index in [1.807, 2.05) is 6.92 Å². The van der Waals surface area contributed by atoms with Crippen molar-refractivity contribution in [1.29, 1.82) is 0 Å². The Morgan fingerprint density at radius 3 is 2.69 bits per heavy atom. The highest BCUT2D eigenvalue weighted by molar-refractivity contribution is 5.30. The molecule has 0 amide bonds. The van der Waals surface area contributed by atoms with Crippen molar-refractivity contribution in [2.75, 3.05) is 18.0 Å². The first-order valence-corrected chi connectivity index (χ1v) is 4.63. The van der Waals surface area contributed by atoms with Gasteiger partial charge in [0.1, 0.15) is 11.5 Å². The van der Waals surface area contributed by atoms with Gasteiger partial charge in [-0.2, -0.15) is 4.98 Å². The highest BCUT2D eigenvalue weighted by atomic mass is 16.4. The molecular formula is C9H14N2O2. The lowest BCUT2D eigenvalue weighted by Gasteiger charge is -2.10. The molecule has 0 atom stereocenters. The molecule has 1 aromatic rings. The number of aromatic nitrogens is 1. The van der Waals surface area contributed by atoms with E-state index in [4.69, 9.17) is 9.52 Å². The Balaban J connectivity index is 2.20. The molecule has 72 valence electrons. The third-order valence-corrected chi connectivity index (χ3v) is 2.41. The standard InChI is InChI=1S/C9H14N2O2/c1-7-8(6-12)10-9(13-7)11-4-2-3-5-11/h12H,2-6H2,1H3. The summed E-state index contributed by atoms with van der Waals surface area (Å²) in [7, 11) is 0. The van der Waals surface area contributed by atoms with Crippen LogP contribution in [0.3, 0.4) is 0 Å². The molecule has 1 N–H and O–H groups in total. The van der Waals surface area contributed by atoms with Crippen molar-refractivity contribution in [3.8, 4) is 0 Å². The molecule has 0 saturated carbocycles. The van der Waals surface area contributed by atoms with E-state index in [2.05, 4.69) is 9.88 Å². The van der Waals surface area contributed by atoms with Gasteiger partial charge in [-0.25, -0.2) is 0 Å². The van der Waals surface area contributed by atoms with Gasteiger partial charge in [-0.05, 0) is 19.8 Å². The number of oxazole rings is 1.